The summed E-state index contributed by atoms with van der Waals surface area (Å²) in [6.07, 6.45) is 0. The Morgan fingerprint density at radius 3 is 2.56 bits per heavy atom. The molecule has 0 bridgehead atoms. The molecular weight excluding hydrogens is 240 g/mol. The van der Waals surface area contributed by atoms with E-state index in [-0.39, 0.29) is 5.84 Å². The summed E-state index contributed by atoms with van der Waals surface area (Å²) in [5.74, 6) is 1.02. The second kappa shape index (κ2) is 5.74. The Bertz CT molecular complexity index is 547. The van der Waals surface area contributed by atoms with Gasteiger partial charge in [-0.05, 0) is 30.7 Å². The van der Waals surface area contributed by atoms with E-state index >= 15 is 0 Å². The zero-order valence-corrected chi connectivity index (χ0v) is 11.1. The summed E-state index contributed by atoms with van der Waals surface area (Å²) >= 11 is 1.79. The number of rotatable bonds is 4. The van der Waals surface area contributed by atoms with Gasteiger partial charge in [-0.25, -0.2) is 0 Å². The molecule has 0 saturated carbocycles. The minimum absolute atomic E-state index is 0.122. The van der Waals surface area contributed by atoms with Gasteiger partial charge in [-0.15, -0.1) is 11.8 Å². The van der Waals surface area contributed by atoms with Gasteiger partial charge in [0.2, 0.25) is 0 Å². The molecule has 2 aromatic carbocycles. The van der Waals surface area contributed by atoms with Crippen molar-refractivity contribution in [2.45, 2.75) is 17.6 Å². The molecule has 18 heavy (non-hydrogen) atoms. The maximum absolute atomic E-state index is 7.42. The van der Waals surface area contributed by atoms with Crippen LogP contribution in [0, 0.1) is 12.3 Å². The van der Waals surface area contributed by atoms with Crippen LogP contribution in [-0.2, 0) is 5.75 Å². The van der Waals surface area contributed by atoms with Gasteiger partial charge in [0.25, 0.3) is 0 Å². The van der Waals surface area contributed by atoms with E-state index in [2.05, 4.69) is 37.3 Å². The fourth-order valence-corrected chi connectivity index (χ4v) is 2.47. The molecule has 0 fully saturated rings. The van der Waals surface area contributed by atoms with Crippen LogP contribution in [0.4, 0.5) is 0 Å². The number of nitrogens with two attached hydrogens (primary N) is 1. The van der Waals surface area contributed by atoms with Gasteiger partial charge >= 0.3 is 0 Å². The van der Waals surface area contributed by atoms with Crippen LogP contribution in [0.15, 0.2) is 53.4 Å². The molecule has 0 heterocycles. The van der Waals surface area contributed by atoms with Crippen LogP contribution in [0.2, 0.25) is 0 Å². The maximum atomic E-state index is 7.42. The normalized spacial score (nSPS) is 10.3. The molecule has 2 nitrogen and oxygen atoms in total. The van der Waals surface area contributed by atoms with Crippen molar-refractivity contribution in [1.29, 1.82) is 5.41 Å². The van der Waals surface area contributed by atoms with Crippen molar-refractivity contribution >= 4 is 17.6 Å². The second-order valence-electron chi connectivity index (χ2n) is 4.22. The molecule has 0 saturated heterocycles. The monoisotopic (exact) mass is 256 g/mol. The van der Waals surface area contributed by atoms with E-state index in [1.807, 2.05) is 18.2 Å². The predicted molar refractivity (Wildman–Crippen MR) is 78.2 cm³/mol. The number of thioether (sulfide) groups is 1. The smallest absolute Gasteiger partial charge is 0.122 e. The van der Waals surface area contributed by atoms with Gasteiger partial charge in [-0.1, -0.05) is 35.9 Å². The summed E-state index contributed by atoms with van der Waals surface area (Å²) in [7, 11) is 0. The first-order valence-corrected chi connectivity index (χ1v) is 6.76. The Hall–Kier alpha value is -1.74. The lowest BCUT2D eigenvalue weighted by Gasteiger charge is -2.05. The standard InChI is InChI=1S/C15H16N2S/c1-11-5-7-14(8-6-11)18-10-12-3-2-4-13(9-12)15(16)17/h2-9H,10H2,1H3,(H3,16,17). The average molecular weight is 256 g/mol. The minimum Gasteiger partial charge on any atom is -0.384 e. The Kier molecular flexibility index (Phi) is 4.05. The lowest BCUT2D eigenvalue weighted by Crippen LogP contribution is -2.10. The number of benzene rings is 2. The van der Waals surface area contributed by atoms with Crippen molar-refractivity contribution in [1.82, 2.24) is 0 Å². The van der Waals surface area contributed by atoms with Crippen molar-refractivity contribution in [2.24, 2.45) is 5.73 Å². The van der Waals surface area contributed by atoms with Crippen molar-refractivity contribution < 1.29 is 0 Å². The van der Waals surface area contributed by atoms with E-state index in [1.165, 1.54) is 16.0 Å². The summed E-state index contributed by atoms with van der Waals surface area (Å²) in [6, 6.07) is 16.4. The highest BCUT2D eigenvalue weighted by Crippen LogP contribution is 2.23. The highest BCUT2D eigenvalue weighted by atomic mass is 32.2. The van der Waals surface area contributed by atoms with Crippen LogP contribution in [0.5, 0.6) is 0 Å². The van der Waals surface area contributed by atoms with Gasteiger partial charge in [0.05, 0.1) is 0 Å². The Morgan fingerprint density at radius 1 is 1.17 bits per heavy atom. The molecule has 0 aromatic heterocycles. The van der Waals surface area contributed by atoms with Gasteiger partial charge in [-0.2, -0.15) is 0 Å². The predicted octanol–water partition coefficient (Wildman–Crippen LogP) is 3.57. The number of nitrogen functional groups attached to an aromatic ring is 1. The molecule has 0 radical (unpaired) electrons. The van der Waals surface area contributed by atoms with Gasteiger partial charge in [0.1, 0.15) is 5.84 Å². The molecule has 3 N–H and O–H groups in total. The van der Waals surface area contributed by atoms with Gasteiger partial charge in [0.15, 0.2) is 0 Å². The first kappa shape index (κ1) is 12.7. The summed E-state index contributed by atoms with van der Waals surface area (Å²) in [6.45, 7) is 2.09. The lowest BCUT2D eigenvalue weighted by atomic mass is 10.1. The minimum atomic E-state index is 0.122. The van der Waals surface area contributed by atoms with E-state index in [4.69, 9.17) is 11.1 Å². The molecule has 2 rings (SSSR count). The fraction of sp³-hybridized carbons (Fsp3) is 0.133. The first-order chi connectivity index (χ1) is 8.65. The molecular formula is C15H16N2S. The van der Waals surface area contributed by atoms with Crippen LogP contribution < -0.4 is 5.73 Å². The van der Waals surface area contributed by atoms with Gasteiger partial charge in [-0.3, -0.25) is 5.41 Å². The molecule has 3 heteroatoms. The van der Waals surface area contributed by atoms with E-state index in [0.717, 1.165) is 11.3 Å². The summed E-state index contributed by atoms with van der Waals surface area (Å²) in [4.78, 5) is 1.26. The zero-order valence-electron chi connectivity index (χ0n) is 10.3. The fourth-order valence-electron chi connectivity index (χ4n) is 1.63. The van der Waals surface area contributed by atoms with Crippen molar-refractivity contribution in [3.05, 3.63) is 65.2 Å². The summed E-state index contributed by atoms with van der Waals surface area (Å²) in [5.41, 5.74) is 8.74. The highest BCUT2D eigenvalue weighted by molar-refractivity contribution is 7.98. The first-order valence-electron chi connectivity index (χ1n) is 5.78. The molecule has 0 unspecified atom stereocenters. The molecule has 0 amide bonds. The van der Waals surface area contributed by atoms with Crippen LogP contribution in [0.25, 0.3) is 0 Å². The summed E-state index contributed by atoms with van der Waals surface area (Å²) in [5, 5.41) is 7.42. The number of nitrogens with one attached hydrogen (secondary N) is 1. The zero-order chi connectivity index (χ0) is 13.0. The maximum Gasteiger partial charge on any atom is 0.122 e. The molecule has 2 aromatic rings. The van der Waals surface area contributed by atoms with Crippen LogP contribution in [-0.4, -0.2) is 5.84 Å². The van der Waals surface area contributed by atoms with Crippen molar-refractivity contribution in [3.63, 3.8) is 0 Å². The third-order valence-electron chi connectivity index (χ3n) is 2.66. The molecule has 0 atom stereocenters. The number of amidine groups is 1. The molecule has 0 aliphatic carbocycles. The van der Waals surface area contributed by atoms with Gasteiger partial charge in [0, 0.05) is 16.2 Å². The number of hydrogen-bond acceptors (Lipinski definition) is 2. The van der Waals surface area contributed by atoms with Crippen molar-refractivity contribution in [2.75, 3.05) is 0 Å². The second-order valence-corrected chi connectivity index (χ2v) is 5.26. The van der Waals surface area contributed by atoms with E-state index in [9.17, 15) is 0 Å². The summed E-state index contributed by atoms with van der Waals surface area (Å²) < 4.78 is 0. The number of hydrogen-bond donors (Lipinski definition) is 2. The van der Waals surface area contributed by atoms with Crippen LogP contribution >= 0.6 is 11.8 Å². The average Bonchev–Trinajstić information content (AvgIpc) is 2.38. The SMILES string of the molecule is Cc1ccc(SCc2cccc(C(=N)N)c2)cc1. The Balaban J connectivity index is 2.04. The van der Waals surface area contributed by atoms with Crippen LogP contribution in [0.1, 0.15) is 16.7 Å². The molecule has 0 spiro atoms. The highest BCUT2D eigenvalue weighted by Gasteiger charge is 2.00. The van der Waals surface area contributed by atoms with Crippen LogP contribution in [0.3, 0.4) is 0 Å². The van der Waals surface area contributed by atoms with E-state index in [1.54, 1.807) is 11.8 Å². The third kappa shape index (κ3) is 3.37. The quantitative estimate of drug-likeness (QED) is 0.499. The topological polar surface area (TPSA) is 49.9 Å². The lowest BCUT2D eigenvalue weighted by molar-refractivity contribution is 1.34. The molecule has 0 aliphatic rings. The molecule has 92 valence electrons. The molecule has 0 aliphatic heterocycles. The van der Waals surface area contributed by atoms with Gasteiger partial charge < -0.3 is 5.73 Å². The van der Waals surface area contributed by atoms with Crippen molar-refractivity contribution in [3.8, 4) is 0 Å². The Labute approximate surface area is 112 Å². The third-order valence-corrected chi connectivity index (χ3v) is 3.75. The van der Waals surface area contributed by atoms with E-state index in [0.29, 0.717) is 0 Å². The Morgan fingerprint density at radius 2 is 1.89 bits per heavy atom. The van der Waals surface area contributed by atoms with E-state index < -0.39 is 0 Å². The largest absolute Gasteiger partial charge is 0.384 e. The number of aryl methyl sites for hydroxylation is 1.